The van der Waals surface area contributed by atoms with Gasteiger partial charge in [-0.2, -0.15) is 0 Å². The summed E-state index contributed by atoms with van der Waals surface area (Å²) in [4.78, 5) is 13.8. The van der Waals surface area contributed by atoms with Crippen LogP contribution in [0.15, 0.2) is 79.0 Å². The molecule has 2 aliphatic rings. The standard InChI is InChI=1S/C25H23NO/c1-2-3-17-26-18-16-20(22-10-6-7-11-24(22)26)12-14-23-21-9-5-4-8-19(21)13-15-25(23)27/h4-16,18H,2-3,17H2,1H3/p+1. The number of para-hydroxylation sites is 1. The first-order chi connectivity index (χ1) is 13.3. The Balaban J connectivity index is 1.72. The van der Waals surface area contributed by atoms with Gasteiger partial charge >= 0.3 is 0 Å². The second kappa shape index (κ2) is 7.73. The van der Waals surface area contributed by atoms with Crippen molar-refractivity contribution in [1.82, 2.24) is 0 Å². The van der Waals surface area contributed by atoms with Crippen LogP contribution >= 0.6 is 0 Å². The summed E-state index contributed by atoms with van der Waals surface area (Å²) in [5, 5.41) is 0. The predicted molar refractivity (Wildman–Crippen MR) is 112 cm³/mol. The SMILES string of the molecule is CCCC[NH+]1C=CC(=CC=C2C(=O)C=Cc3ccccc32)c2ccccc21. The van der Waals surface area contributed by atoms with Crippen LogP contribution in [0.4, 0.5) is 5.69 Å². The van der Waals surface area contributed by atoms with Crippen LogP contribution in [0.25, 0.3) is 17.2 Å². The first kappa shape index (κ1) is 17.4. The fourth-order valence-electron chi connectivity index (χ4n) is 3.74. The van der Waals surface area contributed by atoms with Gasteiger partial charge in [0, 0.05) is 17.2 Å². The quantitative estimate of drug-likeness (QED) is 0.797. The zero-order valence-electron chi connectivity index (χ0n) is 15.6. The predicted octanol–water partition coefficient (Wildman–Crippen LogP) is 4.59. The van der Waals surface area contributed by atoms with Gasteiger partial charge in [0.1, 0.15) is 5.69 Å². The highest BCUT2D eigenvalue weighted by Crippen LogP contribution is 2.29. The highest BCUT2D eigenvalue weighted by molar-refractivity contribution is 6.30. The molecule has 1 aliphatic carbocycles. The van der Waals surface area contributed by atoms with Gasteiger partial charge in [0.05, 0.1) is 12.7 Å². The molecule has 0 radical (unpaired) electrons. The molecule has 1 N–H and O–H groups in total. The smallest absolute Gasteiger partial charge is 0.186 e. The van der Waals surface area contributed by atoms with E-state index >= 15 is 0 Å². The fraction of sp³-hybridized carbons (Fsp3) is 0.160. The molecule has 0 saturated heterocycles. The van der Waals surface area contributed by atoms with Crippen LogP contribution in [-0.4, -0.2) is 12.3 Å². The molecule has 1 unspecified atom stereocenters. The maximum Gasteiger partial charge on any atom is 0.186 e. The van der Waals surface area contributed by atoms with Crippen molar-refractivity contribution in [2.45, 2.75) is 19.8 Å². The molecule has 1 aliphatic heterocycles. The summed E-state index contributed by atoms with van der Waals surface area (Å²) in [5.41, 5.74) is 6.57. The van der Waals surface area contributed by atoms with E-state index in [1.807, 2.05) is 36.4 Å². The Kier molecular flexibility index (Phi) is 4.99. The Morgan fingerprint density at radius 1 is 0.889 bits per heavy atom. The highest BCUT2D eigenvalue weighted by Gasteiger charge is 2.20. The van der Waals surface area contributed by atoms with E-state index in [0.717, 1.165) is 28.8 Å². The van der Waals surface area contributed by atoms with Gasteiger partial charge in [-0.1, -0.05) is 61.9 Å². The molecule has 2 aromatic carbocycles. The van der Waals surface area contributed by atoms with E-state index in [4.69, 9.17) is 0 Å². The molecule has 0 amide bonds. The maximum absolute atomic E-state index is 12.4. The third kappa shape index (κ3) is 3.49. The molecule has 134 valence electrons. The lowest BCUT2D eigenvalue weighted by molar-refractivity contribution is -0.776. The third-order valence-electron chi connectivity index (χ3n) is 5.21. The topological polar surface area (TPSA) is 21.5 Å². The van der Waals surface area contributed by atoms with Gasteiger partial charge in [-0.25, -0.2) is 0 Å². The molecule has 1 heterocycles. The van der Waals surface area contributed by atoms with Gasteiger partial charge in [-0.05, 0) is 47.4 Å². The van der Waals surface area contributed by atoms with E-state index in [0.29, 0.717) is 0 Å². The molecule has 0 spiro atoms. The number of allylic oxidation sites excluding steroid dienone is 6. The van der Waals surface area contributed by atoms with Gasteiger partial charge in [0.25, 0.3) is 0 Å². The maximum atomic E-state index is 12.4. The van der Waals surface area contributed by atoms with E-state index in [2.05, 4.69) is 49.5 Å². The van der Waals surface area contributed by atoms with Crippen molar-refractivity contribution in [2.75, 3.05) is 6.54 Å². The van der Waals surface area contributed by atoms with E-state index in [1.54, 1.807) is 6.08 Å². The molecular formula is C25H24NO+. The van der Waals surface area contributed by atoms with Crippen LogP contribution in [0.1, 0.15) is 36.5 Å². The summed E-state index contributed by atoms with van der Waals surface area (Å²) in [6, 6.07) is 16.6. The number of nitrogens with one attached hydrogen (secondary N) is 1. The van der Waals surface area contributed by atoms with Gasteiger partial charge in [0.15, 0.2) is 5.78 Å². The third-order valence-corrected chi connectivity index (χ3v) is 5.21. The molecule has 0 bridgehead atoms. The summed E-state index contributed by atoms with van der Waals surface area (Å²) in [7, 11) is 0. The molecule has 2 nitrogen and oxygen atoms in total. The van der Waals surface area contributed by atoms with Gasteiger partial charge in [-0.3, -0.25) is 9.69 Å². The highest BCUT2D eigenvalue weighted by atomic mass is 16.1. The number of hydrogen-bond donors (Lipinski definition) is 1. The monoisotopic (exact) mass is 354 g/mol. The molecule has 0 aromatic heterocycles. The van der Waals surface area contributed by atoms with Gasteiger partial charge in [0.2, 0.25) is 0 Å². The number of carbonyl (C=O) groups is 1. The second-order valence-electron chi connectivity index (χ2n) is 6.99. The summed E-state index contributed by atoms with van der Waals surface area (Å²) in [6.45, 7) is 3.33. The van der Waals surface area contributed by atoms with E-state index in [9.17, 15) is 4.79 Å². The average Bonchev–Trinajstić information content (AvgIpc) is 2.72. The minimum atomic E-state index is 0.0637. The number of unbranched alkanes of at least 4 members (excludes halogenated alkanes) is 1. The Hall–Kier alpha value is -2.97. The first-order valence-electron chi connectivity index (χ1n) is 9.65. The van der Waals surface area contributed by atoms with Crippen LogP contribution in [0.2, 0.25) is 0 Å². The number of fused-ring (bicyclic) bond motifs is 2. The minimum Gasteiger partial charge on any atom is -0.289 e. The van der Waals surface area contributed by atoms with Crippen molar-refractivity contribution in [3.05, 3.63) is 95.7 Å². The van der Waals surface area contributed by atoms with Crippen LogP contribution < -0.4 is 4.90 Å². The molecule has 0 fully saturated rings. The number of carbonyl (C=O) groups excluding carboxylic acids is 1. The Morgan fingerprint density at radius 3 is 2.52 bits per heavy atom. The van der Waals surface area contributed by atoms with E-state index in [-0.39, 0.29) is 5.78 Å². The molecule has 2 aromatic rings. The van der Waals surface area contributed by atoms with Crippen LogP contribution in [0, 0.1) is 0 Å². The number of rotatable bonds is 4. The molecule has 0 saturated carbocycles. The summed E-state index contributed by atoms with van der Waals surface area (Å²) < 4.78 is 0. The van der Waals surface area contributed by atoms with E-state index in [1.165, 1.54) is 29.0 Å². The molecule has 2 heteroatoms. The van der Waals surface area contributed by atoms with Crippen LogP contribution in [-0.2, 0) is 4.79 Å². The Labute approximate surface area is 160 Å². The number of hydrogen-bond acceptors (Lipinski definition) is 1. The number of benzene rings is 2. The van der Waals surface area contributed by atoms with Crippen molar-refractivity contribution in [3.63, 3.8) is 0 Å². The lowest BCUT2D eigenvalue weighted by Crippen LogP contribution is -3.03. The normalized spacial score (nSPS) is 20.8. The zero-order chi connectivity index (χ0) is 18.6. The number of quaternary nitrogens is 1. The second-order valence-corrected chi connectivity index (χ2v) is 6.99. The van der Waals surface area contributed by atoms with Crippen molar-refractivity contribution in [3.8, 4) is 0 Å². The zero-order valence-corrected chi connectivity index (χ0v) is 15.6. The Morgan fingerprint density at radius 2 is 1.67 bits per heavy atom. The first-order valence-corrected chi connectivity index (χ1v) is 9.65. The minimum absolute atomic E-state index is 0.0637. The van der Waals surface area contributed by atoms with E-state index < -0.39 is 0 Å². The van der Waals surface area contributed by atoms with Crippen molar-refractivity contribution in [2.24, 2.45) is 0 Å². The van der Waals surface area contributed by atoms with Crippen molar-refractivity contribution in [1.29, 1.82) is 0 Å². The van der Waals surface area contributed by atoms with Crippen LogP contribution in [0.5, 0.6) is 0 Å². The average molecular weight is 354 g/mol. The van der Waals surface area contributed by atoms with Gasteiger partial charge < -0.3 is 0 Å². The van der Waals surface area contributed by atoms with Crippen molar-refractivity contribution < 1.29 is 9.69 Å². The lowest BCUT2D eigenvalue weighted by atomic mass is 9.90. The number of ketones is 1. The van der Waals surface area contributed by atoms with Crippen LogP contribution in [0.3, 0.4) is 0 Å². The van der Waals surface area contributed by atoms with Crippen molar-refractivity contribution >= 4 is 28.7 Å². The Bertz CT molecular complexity index is 991. The molecule has 4 rings (SSSR count). The summed E-state index contributed by atoms with van der Waals surface area (Å²) in [5.74, 6) is 0.0637. The fourth-order valence-corrected chi connectivity index (χ4v) is 3.74. The van der Waals surface area contributed by atoms with Gasteiger partial charge in [-0.15, -0.1) is 0 Å². The molecular weight excluding hydrogens is 330 g/mol. The lowest BCUT2D eigenvalue weighted by Gasteiger charge is -2.22. The molecule has 1 atom stereocenters. The summed E-state index contributed by atoms with van der Waals surface area (Å²) >= 11 is 0. The summed E-state index contributed by atoms with van der Waals surface area (Å²) in [6.07, 6.45) is 14.4. The largest absolute Gasteiger partial charge is 0.289 e. The molecule has 27 heavy (non-hydrogen) atoms.